The lowest BCUT2D eigenvalue weighted by Crippen LogP contribution is -2.48. The van der Waals surface area contributed by atoms with Crippen LogP contribution in [0, 0.1) is 0 Å². The lowest BCUT2D eigenvalue weighted by Gasteiger charge is -2.35. The fourth-order valence-corrected chi connectivity index (χ4v) is 3.72. The molecule has 8 heteroatoms. The van der Waals surface area contributed by atoms with E-state index in [-0.39, 0.29) is 34.0 Å². The predicted octanol–water partition coefficient (Wildman–Crippen LogP) is 1.51. The fraction of sp³-hybridized carbons (Fsp3) is 0.545. The van der Waals surface area contributed by atoms with E-state index < -0.39 is 0 Å². The second kappa shape index (κ2) is 9.38. The average molecular weight is 414 g/mol. The number of hydrogen-bond acceptors (Lipinski definition) is 5. The summed E-state index contributed by atoms with van der Waals surface area (Å²) in [6.07, 6.45) is 4.66. The quantitative estimate of drug-likeness (QED) is 0.748. The maximum absolute atomic E-state index is 12.4. The van der Waals surface area contributed by atoms with Crippen molar-refractivity contribution in [2.45, 2.75) is 58.0 Å². The predicted molar refractivity (Wildman–Crippen MR) is 116 cm³/mol. The van der Waals surface area contributed by atoms with Gasteiger partial charge in [0.05, 0.1) is 12.2 Å². The third-order valence-electron chi connectivity index (χ3n) is 5.54. The monoisotopic (exact) mass is 413 g/mol. The highest BCUT2D eigenvalue weighted by atomic mass is 16.2. The third kappa shape index (κ3) is 5.44. The molecule has 1 aliphatic heterocycles. The Balaban J connectivity index is 1.63. The summed E-state index contributed by atoms with van der Waals surface area (Å²) in [5, 5.41) is 7.44. The first-order chi connectivity index (χ1) is 14.3. The second-order valence-electron chi connectivity index (χ2n) is 8.84. The highest BCUT2D eigenvalue weighted by Gasteiger charge is 2.24. The van der Waals surface area contributed by atoms with Crippen LogP contribution >= 0.6 is 0 Å². The van der Waals surface area contributed by atoms with Crippen LogP contribution in [-0.4, -0.2) is 51.2 Å². The van der Waals surface area contributed by atoms with Crippen LogP contribution < -0.4 is 16.4 Å². The van der Waals surface area contributed by atoms with E-state index in [2.05, 4.69) is 41.1 Å². The van der Waals surface area contributed by atoms with E-state index in [9.17, 15) is 14.4 Å². The molecule has 1 saturated heterocycles. The number of amides is 1. The molecule has 8 nitrogen and oxygen atoms in total. The zero-order valence-corrected chi connectivity index (χ0v) is 18.0. The molecule has 3 heterocycles. The summed E-state index contributed by atoms with van der Waals surface area (Å²) in [5.41, 5.74) is 0.392. The largest absolute Gasteiger partial charge is 0.350 e. The molecule has 2 aromatic heterocycles. The molecule has 1 unspecified atom stereocenters. The molecule has 3 rings (SSSR count). The topological polar surface area (TPSA) is 100 Å². The Morgan fingerprint density at radius 3 is 2.73 bits per heavy atom. The van der Waals surface area contributed by atoms with Crippen LogP contribution in [0.3, 0.4) is 0 Å². The van der Waals surface area contributed by atoms with Gasteiger partial charge in [-0.1, -0.05) is 27.2 Å². The molecule has 1 aliphatic rings. The minimum atomic E-state index is -0.389. The van der Waals surface area contributed by atoms with Crippen molar-refractivity contribution in [3.05, 3.63) is 62.4 Å². The molecule has 30 heavy (non-hydrogen) atoms. The summed E-state index contributed by atoms with van der Waals surface area (Å²) in [6.45, 7) is 8.80. The van der Waals surface area contributed by atoms with Crippen molar-refractivity contribution in [3.8, 4) is 0 Å². The first kappa shape index (κ1) is 22.0. The molecule has 2 N–H and O–H groups in total. The summed E-state index contributed by atoms with van der Waals surface area (Å²) < 4.78 is 1.54. The van der Waals surface area contributed by atoms with Crippen LogP contribution in [0.25, 0.3) is 0 Å². The van der Waals surface area contributed by atoms with Gasteiger partial charge in [0.15, 0.2) is 0 Å². The van der Waals surface area contributed by atoms with Gasteiger partial charge in [0.25, 0.3) is 17.0 Å². The standard InChI is InChI=1S/C22H31N5O3/c1-22(2,3)18-9-10-19(28)27(25-18)14-13-26-12-5-4-7-16(26)15-24-21(30)17-8-6-11-23-20(17)29/h6,8-11,16H,4-5,7,12-15H2,1-3H3,(H,23,29)(H,24,30). The van der Waals surface area contributed by atoms with Crippen molar-refractivity contribution >= 4 is 5.91 Å². The number of carbonyl (C=O) groups is 1. The Morgan fingerprint density at radius 2 is 2.00 bits per heavy atom. The Bertz CT molecular complexity index is 989. The van der Waals surface area contributed by atoms with E-state index in [1.165, 1.54) is 16.9 Å². The van der Waals surface area contributed by atoms with Gasteiger partial charge in [0.1, 0.15) is 5.56 Å². The van der Waals surface area contributed by atoms with E-state index in [4.69, 9.17) is 0 Å². The van der Waals surface area contributed by atoms with Crippen molar-refractivity contribution in [1.29, 1.82) is 0 Å². The maximum Gasteiger partial charge on any atom is 0.266 e. The molecule has 0 spiro atoms. The summed E-state index contributed by atoms with van der Waals surface area (Å²) >= 11 is 0. The number of carbonyl (C=O) groups excluding carboxylic acids is 1. The fourth-order valence-electron chi connectivity index (χ4n) is 3.72. The van der Waals surface area contributed by atoms with Gasteiger partial charge in [0.2, 0.25) is 0 Å². The van der Waals surface area contributed by atoms with Crippen LogP contribution in [0.5, 0.6) is 0 Å². The molecular formula is C22H31N5O3. The van der Waals surface area contributed by atoms with Gasteiger partial charge in [-0.2, -0.15) is 5.10 Å². The Kier molecular flexibility index (Phi) is 6.87. The number of aromatic amines is 1. The van der Waals surface area contributed by atoms with Crippen LogP contribution in [0.4, 0.5) is 0 Å². The number of pyridine rings is 1. The molecule has 0 aliphatic carbocycles. The number of rotatable bonds is 6. The second-order valence-corrected chi connectivity index (χ2v) is 8.84. The van der Waals surface area contributed by atoms with Crippen molar-refractivity contribution in [1.82, 2.24) is 25.0 Å². The number of likely N-dealkylation sites (tertiary alicyclic amines) is 1. The zero-order valence-electron chi connectivity index (χ0n) is 18.0. The lowest BCUT2D eigenvalue weighted by molar-refractivity contribution is 0.0907. The first-order valence-electron chi connectivity index (χ1n) is 10.5. The minimum Gasteiger partial charge on any atom is -0.350 e. The molecular weight excluding hydrogens is 382 g/mol. The van der Waals surface area contributed by atoms with Gasteiger partial charge in [0, 0.05) is 36.8 Å². The maximum atomic E-state index is 12.4. The van der Waals surface area contributed by atoms with Crippen molar-refractivity contribution < 1.29 is 4.79 Å². The van der Waals surface area contributed by atoms with Gasteiger partial charge in [-0.3, -0.25) is 19.3 Å². The molecule has 0 saturated carbocycles. The highest BCUT2D eigenvalue weighted by molar-refractivity contribution is 5.93. The number of piperidine rings is 1. The molecule has 0 aromatic carbocycles. The van der Waals surface area contributed by atoms with Crippen LogP contribution in [0.1, 0.15) is 56.1 Å². The summed E-state index contributed by atoms with van der Waals surface area (Å²) in [6, 6.07) is 6.71. The van der Waals surface area contributed by atoms with Gasteiger partial charge in [-0.15, -0.1) is 0 Å². The first-order valence-corrected chi connectivity index (χ1v) is 10.5. The highest BCUT2D eigenvalue weighted by Crippen LogP contribution is 2.19. The Labute approximate surface area is 176 Å². The lowest BCUT2D eigenvalue weighted by atomic mass is 9.92. The number of aromatic nitrogens is 3. The number of hydrogen-bond donors (Lipinski definition) is 2. The molecule has 1 fully saturated rings. The molecule has 1 amide bonds. The van der Waals surface area contributed by atoms with Gasteiger partial charge in [-0.25, -0.2) is 4.68 Å². The van der Waals surface area contributed by atoms with E-state index in [1.807, 2.05) is 0 Å². The van der Waals surface area contributed by atoms with Gasteiger partial charge < -0.3 is 10.3 Å². The molecule has 0 bridgehead atoms. The van der Waals surface area contributed by atoms with Gasteiger partial charge in [-0.05, 0) is 37.6 Å². The Morgan fingerprint density at radius 1 is 1.20 bits per heavy atom. The smallest absolute Gasteiger partial charge is 0.266 e. The molecule has 1 atom stereocenters. The molecule has 162 valence electrons. The zero-order chi connectivity index (χ0) is 21.7. The van der Waals surface area contributed by atoms with Crippen molar-refractivity contribution in [2.75, 3.05) is 19.6 Å². The number of nitrogens with one attached hydrogen (secondary N) is 2. The molecule has 0 radical (unpaired) electrons. The van der Waals surface area contributed by atoms with E-state index >= 15 is 0 Å². The van der Waals surface area contributed by atoms with E-state index in [1.54, 1.807) is 18.2 Å². The van der Waals surface area contributed by atoms with E-state index in [0.29, 0.717) is 19.6 Å². The average Bonchev–Trinajstić information content (AvgIpc) is 2.71. The molecule has 2 aromatic rings. The van der Waals surface area contributed by atoms with Crippen LogP contribution in [0.2, 0.25) is 0 Å². The minimum absolute atomic E-state index is 0.104. The van der Waals surface area contributed by atoms with Crippen molar-refractivity contribution in [2.24, 2.45) is 0 Å². The number of H-pyrrole nitrogens is 1. The summed E-state index contributed by atoms with van der Waals surface area (Å²) in [4.78, 5) is 41.2. The SMILES string of the molecule is CC(C)(C)c1ccc(=O)n(CCN2CCCCC2CNC(=O)c2ccc[nH]c2=O)n1. The third-order valence-corrected chi connectivity index (χ3v) is 5.54. The van der Waals surface area contributed by atoms with Crippen LogP contribution in [-0.2, 0) is 12.0 Å². The summed E-state index contributed by atoms with van der Waals surface area (Å²) in [5.74, 6) is -0.363. The normalized spacial score (nSPS) is 17.6. The summed E-state index contributed by atoms with van der Waals surface area (Å²) in [7, 11) is 0. The van der Waals surface area contributed by atoms with Gasteiger partial charge >= 0.3 is 0 Å². The number of nitrogens with zero attached hydrogens (tertiary/aromatic N) is 3. The Hall–Kier alpha value is -2.74. The van der Waals surface area contributed by atoms with Crippen LogP contribution in [0.15, 0.2) is 40.1 Å². The van der Waals surface area contributed by atoms with E-state index in [0.717, 1.165) is 31.5 Å². The van der Waals surface area contributed by atoms with Crippen molar-refractivity contribution in [3.63, 3.8) is 0 Å².